The van der Waals surface area contributed by atoms with E-state index in [0.717, 1.165) is 54.0 Å². The first kappa shape index (κ1) is 23.6. The molecule has 0 radical (unpaired) electrons. The number of pyridine rings is 1. The van der Waals surface area contributed by atoms with Crippen LogP contribution in [-0.2, 0) is 7.05 Å². The highest BCUT2D eigenvalue weighted by Crippen LogP contribution is 2.32. The number of aryl methyl sites for hydroxylation is 2. The minimum atomic E-state index is -0.168. The van der Waals surface area contributed by atoms with Gasteiger partial charge in [-0.05, 0) is 37.6 Å². The van der Waals surface area contributed by atoms with Gasteiger partial charge in [-0.3, -0.25) is 14.9 Å². The van der Waals surface area contributed by atoms with Crippen LogP contribution in [0, 0.1) is 6.92 Å². The number of likely N-dealkylation sites (tertiary alicyclic amines) is 2. The van der Waals surface area contributed by atoms with E-state index in [0.29, 0.717) is 37.5 Å². The molecule has 1 N–H and O–H groups in total. The van der Waals surface area contributed by atoms with Gasteiger partial charge in [0.15, 0.2) is 11.6 Å². The van der Waals surface area contributed by atoms with E-state index >= 15 is 0 Å². The number of quaternary nitrogens is 1. The maximum absolute atomic E-state index is 13.3. The Kier molecular flexibility index (Phi) is 5.88. The summed E-state index contributed by atoms with van der Waals surface area (Å²) in [7, 11) is 1.92. The molecule has 2 aliphatic rings. The lowest BCUT2D eigenvalue weighted by molar-refractivity contribution is 0.0563. The number of carbonyl (C=O) groups excluding carboxylic acids is 1. The minimum Gasteiger partial charge on any atom is -0.488 e. The van der Waals surface area contributed by atoms with Crippen LogP contribution >= 0.6 is 0 Å². The molecule has 0 aliphatic carbocycles. The predicted molar refractivity (Wildman–Crippen MR) is 140 cm³/mol. The van der Waals surface area contributed by atoms with Crippen LogP contribution in [0.1, 0.15) is 25.3 Å². The molecule has 6 rings (SSSR count). The van der Waals surface area contributed by atoms with Crippen molar-refractivity contribution in [1.29, 1.82) is 0 Å². The molecule has 2 aliphatic heterocycles. The second kappa shape index (κ2) is 9.24. The Labute approximate surface area is 215 Å². The van der Waals surface area contributed by atoms with Crippen molar-refractivity contribution in [3.8, 4) is 17.0 Å². The number of ether oxygens (including phenoxy) is 1. The number of aromatic nitrogens is 6. The molecule has 11 nitrogen and oxygen atoms in total. The van der Waals surface area contributed by atoms with Crippen LogP contribution < -0.4 is 14.5 Å². The first-order chi connectivity index (χ1) is 18.0. The molecule has 192 valence electrons. The number of fused-ring (bicyclic) bond motifs is 1. The lowest BCUT2D eigenvalue weighted by Crippen LogP contribution is -2.65. The fraction of sp³-hybridized carbons (Fsp3) is 0.423. The van der Waals surface area contributed by atoms with E-state index in [1.165, 1.54) is 0 Å². The number of carbonyl (C=O) groups is 1. The van der Waals surface area contributed by atoms with Crippen molar-refractivity contribution in [3.05, 3.63) is 48.5 Å². The van der Waals surface area contributed by atoms with Crippen LogP contribution in [0.15, 0.2) is 43.0 Å². The molecule has 6 heterocycles. The maximum atomic E-state index is 13.3. The molecule has 4 aromatic rings. The molecule has 2 amide bonds. The normalized spacial score (nSPS) is 18.8. The van der Waals surface area contributed by atoms with Gasteiger partial charge in [0, 0.05) is 56.3 Å². The minimum absolute atomic E-state index is 0.0889. The Morgan fingerprint density at radius 3 is 2.70 bits per heavy atom. The van der Waals surface area contributed by atoms with Crippen molar-refractivity contribution in [3.63, 3.8) is 0 Å². The summed E-state index contributed by atoms with van der Waals surface area (Å²) in [6.07, 6.45) is 9.28. The van der Waals surface area contributed by atoms with Gasteiger partial charge in [-0.25, -0.2) is 9.31 Å². The van der Waals surface area contributed by atoms with Crippen molar-refractivity contribution in [1.82, 2.24) is 38.7 Å². The third-order valence-electron chi connectivity index (χ3n) is 7.60. The van der Waals surface area contributed by atoms with E-state index in [4.69, 9.17) is 4.74 Å². The summed E-state index contributed by atoms with van der Waals surface area (Å²) < 4.78 is 9.88. The molecule has 4 aromatic heterocycles. The van der Waals surface area contributed by atoms with Crippen molar-refractivity contribution in [2.75, 3.05) is 38.1 Å². The summed E-state index contributed by atoms with van der Waals surface area (Å²) in [5.41, 5.74) is 3.71. The number of anilines is 1. The molecule has 0 bridgehead atoms. The maximum Gasteiger partial charge on any atom is 0.429 e. The van der Waals surface area contributed by atoms with Gasteiger partial charge >= 0.3 is 12.0 Å². The number of hydrogen-bond acceptors (Lipinski definition) is 7. The summed E-state index contributed by atoms with van der Waals surface area (Å²) in [5.74, 6) is 1.78. The fourth-order valence-corrected chi connectivity index (χ4v) is 5.13. The monoisotopic (exact) mass is 502 g/mol. The van der Waals surface area contributed by atoms with Gasteiger partial charge in [-0.1, -0.05) is 6.92 Å². The molecular weight excluding hydrogens is 470 g/mol. The SMILES string of the molecule is CCN1CCC1COc1cnn(C)c1-c1ccn2nc(NC(=O)[N+]3(c4ncc(C)cn4)CCC3)cc2c1. The Morgan fingerprint density at radius 1 is 1.22 bits per heavy atom. The molecule has 11 heteroatoms. The second-order valence-corrected chi connectivity index (χ2v) is 9.94. The quantitative estimate of drug-likeness (QED) is 0.387. The molecule has 2 fully saturated rings. The molecular formula is C26H32N9O2+. The number of nitrogens with zero attached hydrogens (tertiary/aromatic N) is 8. The number of rotatable bonds is 7. The zero-order valence-electron chi connectivity index (χ0n) is 21.5. The molecule has 1 unspecified atom stereocenters. The van der Waals surface area contributed by atoms with Crippen LogP contribution in [0.2, 0.25) is 0 Å². The number of likely N-dealkylation sites (N-methyl/N-ethyl adjacent to an activating group) is 1. The Bertz CT molecular complexity index is 1440. The largest absolute Gasteiger partial charge is 0.488 e. The number of amides is 2. The van der Waals surface area contributed by atoms with Gasteiger partial charge in [-0.2, -0.15) is 19.5 Å². The Hall–Kier alpha value is -3.83. The van der Waals surface area contributed by atoms with Crippen molar-refractivity contribution in [2.45, 2.75) is 32.7 Å². The summed E-state index contributed by atoms with van der Waals surface area (Å²) >= 11 is 0. The van der Waals surface area contributed by atoms with E-state index in [2.05, 4.69) is 37.3 Å². The lowest BCUT2D eigenvalue weighted by atomic mass is 10.0. The van der Waals surface area contributed by atoms with E-state index in [-0.39, 0.29) is 10.5 Å². The van der Waals surface area contributed by atoms with Gasteiger partial charge in [0.2, 0.25) is 0 Å². The first-order valence-corrected chi connectivity index (χ1v) is 12.8. The summed E-state index contributed by atoms with van der Waals surface area (Å²) in [6.45, 7) is 8.30. The summed E-state index contributed by atoms with van der Waals surface area (Å²) in [5, 5.41) is 12.0. The first-order valence-electron chi connectivity index (χ1n) is 12.8. The third kappa shape index (κ3) is 4.13. The van der Waals surface area contributed by atoms with Crippen LogP contribution in [0.25, 0.3) is 16.8 Å². The van der Waals surface area contributed by atoms with E-state index in [1.54, 1.807) is 23.1 Å². The number of hydrogen-bond donors (Lipinski definition) is 1. The lowest BCUT2D eigenvalue weighted by Gasteiger charge is -2.39. The fourth-order valence-electron chi connectivity index (χ4n) is 5.13. The number of urea groups is 1. The smallest absolute Gasteiger partial charge is 0.429 e. The van der Waals surface area contributed by atoms with Gasteiger partial charge in [0.1, 0.15) is 25.4 Å². The van der Waals surface area contributed by atoms with E-state index in [1.807, 2.05) is 43.0 Å². The molecule has 0 spiro atoms. The van der Waals surface area contributed by atoms with Crippen molar-refractivity contribution < 1.29 is 9.53 Å². The van der Waals surface area contributed by atoms with Crippen molar-refractivity contribution >= 4 is 23.3 Å². The molecule has 0 saturated carbocycles. The topological polar surface area (TPSA) is 102 Å². The summed E-state index contributed by atoms with van der Waals surface area (Å²) in [4.78, 5) is 24.6. The Balaban J connectivity index is 1.22. The highest BCUT2D eigenvalue weighted by atomic mass is 16.5. The van der Waals surface area contributed by atoms with Crippen LogP contribution in [0.5, 0.6) is 5.75 Å². The molecule has 1 atom stereocenters. The number of nitrogens with one attached hydrogen (secondary N) is 1. The van der Waals surface area contributed by atoms with Crippen molar-refractivity contribution in [2.24, 2.45) is 7.05 Å². The highest BCUT2D eigenvalue weighted by Gasteiger charge is 2.48. The van der Waals surface area contributed by atoms with Crippen LogP contribution in [0.3, 0.4) is 0 Å². The second-order valence-electron chi connectivity index (χ2n) is 9.94. The predicted octanol–water partition coefficient (Wildman–Crippen LogP) is 3.25. The average Bonchev–Trinajstić information content (AvgIpc) is 3.41. The zero-order valence-corrected chi connectivity index (χ0v) is 21.5. The van der Waals surface area contributed by atoms with Gasteiger partial charge in [-0.15, -0.1) is 5.10 Å². The zero-order chi connectivity index (χ0) is 25.6. The van der Waals surface area contributed by atoms with Crippen LogP contribution in [-0.4, -0.2) is 79.1 Å². The highest BCUT2D eigenvalue weighted by molar-refractivity contribution is 5.97. The molecule has 2 saturated heterocycles. The average molecular weight is 503 g/mol. The third-order valence-corrected chi connectivity index (χ3v) is 7.60. The molecule has 37 heavy (non-hydrogen) atoms. The van der Waals surface area contributed by atoms with E-state index in [9.17, 15) is 4.79 Å². The summed E-state index contributed by atoms with van der Waals surface area (Å²) in [6, 6.07) is 6.19. The molecule has 0 aromatic carbocycles. The standard InChI is InChI=1S/C26H31N9O2/c1-4-33-8-7-20(33)17-37-22-16-29-32(3)24(22)19-6-9-34-21(12-19)13-23(31-34)30-26(36)35(10-5-11-35)25-27-14-18(2)15-28-25/h6,9,12-16,20H,4-5,7-8,10-11,17H2,1-3H3/p+1. The van der Waals surface area contributed by atoms with Crippen LogP contribution in [0.4, 0.5) is 16.6 Å². The van der Waals surface area contributed by atoms with Gasteiger partial charge < -0.3 is 4.74 Å². The Morgan fingerprint density at radius 2 is 2.03 bits per heavy atom. The van der Waals surface area contributed by atoms with Gasteiger partial charge in [0.05, 0.1) is 11.7 Å². The van der Waals surface area contributed by atoms with Gasteiger partial charge in [0.25, 0.3) is 0 Å². The van der Waals surface area contributed by atoms with E-state index < -0.39 is 0 Å².